The summed E-state index contributed by atoms with van der Waals surface area (Å²) in [6.07, 6.45) is 0. The molecule has 1 N–H and O–H groups in total. The highest BCUT2D eigenvalue weighted by molar-refractivity contribution is 6.07. The minimum Gasteiger partial charge on any atom is -0.354 e. The second kappa shape index (κ2) is 5.57. The van der Waals surface area contributed by atoms with Gasteiger partial charge in [0.15, 0.2) is 0 Å². The number of para-hydroxylation sites is 1. The van der Waals surface area contributed by atoms with Crippen molar-refractivity contribution in [3.05, 3.63) is 66.2 Å². The predicted molar refractivity (Wildman–Crippen MR) is 79.0 cm³/mol. The van der Waals surface area contributed by atoms with Gasteiger partial charge in [-0.25, -0.2) is 4.99 Å². The number of aliphatic imine (C=N–C) groups is 1. The van der Waals surface area contributed by atoms with E-state index in [1.165, 1.54) is 0 Å². The fraction of sp³-hybridized carbons (Fsp3) is 0.125. The third kappa shape index (κ3) is 2.54. The number of nitrogens with zero attached hydrogens (tertiary/aromatic N) is 2. The van der Waals surface area contributed by atoms with Gasteiger partial charge in [0.1, 0.15) is 0 Å². The van der Waals surface area contributed by atoms with E-state index in [0.717, 1.165) is 12.2 Å². The summed E-state index contributed by atoms with van der Waals surface area (Å²) in [6, 6.07) is 18.9. The minimum absolute atomic E-state index is 0.0229. The highest BCUT2D eigenvalue weighted by Gasteiger charge is 2.25. The second-order valence-electron chi connectivity index (χ2n) is 4.52. The Morgan fingerprint density at radius 1 is 1.00 bits per heavy atom. The summed E-state index contributed by atoms with van der Waals surface area (Å²) in [5.41, 5.74) is 1.51. The van der Waals surface area contributed by atoms with Gasteiger partial charge in [-0.1, -0.05) is 36.4 Å². The number of guanidine groups is 1. The fourth-order valence-electron chi connectivity index (χ4n) is 2.14. The van der Waals surface area contributed by atoms with Gasteiger partial charge in [0, 0.05) is 18.7 Å². The Hall–Kier alpha value is -2.62. The molecule has 4 nitrogen and oxygen atoms in total. The van der Waals surface area contributed by atoms with E-state index in [4.69, 9.17) is 0 Å². The minimum atomic E-state index is -0.0229. The van der Waals surface area contributed by atoms with Crippen LogP contribution in [0.5, 0.6) is 0 Å². The summed E-state index contributed by atoms with van der Waals surface area (Å²) >= 11 is 0. The van der Waals surface area contributed by atoms with E-state index in [-0.39, 0.29) is 5.91 Å². The average molecular weight is 265 g/mol. The summed E-state index contributed by atoms with van der Waals surface area (Å²) in [5.74, 6) is 0.593. The van der Waals surface area contributed by atoms with E-state index in [0.29, 0.717) is 18.1 Å². The van der Waals surface area contributed by atoms with Gasteiger partial charge in [0.2, 0.25) is 5.96 Å². The first-order valence-corrected chi connectivity index (χ1v) is 6.59. The fourth-order valence-corrected chi connectivity index (χ4v) is 2.14. The molecule has 0 bridgehead atoms. The van der Waals surface area contributed by atoms with Gasteiger partial charge in [0.05, 0.1) is 5.69 Å². The SMILES string of the molecule is O=C(c1ccccc1)N1CCN/C1=N\c1ccccc1. The molecule has 2 aromatic rings. The lowest BCUT2D eigenvalue weighted by atomic mass is 10.2. The molecule has 4 heteroatoms. The van der Waals surface area contributed by atoms with Crippen LogP contribution in [0.15, 0.2) is 65.7 Å². The average Bonchev–Trinajstić information content (AvgIpc) is 2.96. The van der Waals surface area contributed by atoms with Crippen molar-refractivity contribution in [2.45, 2.75) is 0 Å². The van der Waals surface area contributed by atoms with Crippen molar-refractivity contribution in [1.82, 2.24) is 10.2 Å². The van der Waals surface area contributed by atoms with Gasteiger partial charge < -0.3 is 5.32 Å². The second-order valence-corrected chi connectivity index (χ2v) is 4.52. The highest BCUT2D eigenvalue weighted by Crippen LogP contribution is 2.14. The van der Waals surface area contributed by atoms with Crippen molar-refractivity contribution in [3.8, 4) is 0 Å². The molecule has 1 amide bonds. The molecule has 20 heavy (non-hydrogen) atoms. The Morgan fingerprint density at radius 3 is 2.35 bits per heavy atom. The lowest BCUT2D eigenvalue weighted by Gasteiger charge is -2.15. The van der Waals surface area contributed by atoms with Crippen LogP contribution in [0.1, 0.15) is 10.4 Å². The number of benzene rings is 2. The molecular formula is C16H15N3O. The maximum Gasteiger partial charge on any atom is 0.260 e. The molecular weight excluding hydrogens is 250 g/mol. The Balaban J connectivity index is 1.86. The molecule has 0 aliphatic carbocycles. The van der Waals surface area contributed by atoms with Gasteiger partial charge >= 0.3 is 0 Å². The zero-order valence-electron chi connectivity index (χ0n) is 11.0. The molecule has 0 spiro atoms. The molecule has 3 rings (SSSR count). The number of rotatable bonds is 2. The molecule has 0 atom stereocenters. The molecule has 1 heterocycles. The van der Waals surface area contributed by atoms with E-state index < -0.39 is 0 Å². The molecule has 1 aliphatic heterocycles. The lowest BCUT2D eigenvalue weighted by Crippen LogP contribution is -2.35. The third-order valence-electron chi connectivity index (χ3n) is 3.13. The topological polar surface area (TPSA) is 44.7 Å². The maximum atomic E-state index is 12.5. The van der Waals surface area contributed by atoms with Crippen LogP contribution in [0.4, 0.5) is 5.69 Å². The Bertz CT molecular complexity index is 623. The molecule has 0 radical (unpaired) electrons. The molecule has 1 saturated heterocycles. The van der Waals surface area contributed by atoms with Crippen LogP contribution in [-0.2, 0) is 0 Å². The maximum absolute atomic E-state index is 12.5. The molecule has 2 aromatic carbocycles. The van der Waals surface area contributed by atoms with Crippen LogP contribution in [0.25, 0.3) is 0 Å². The normalized spacial score (nSPS) is 16.2. The van der Waals surface area contributed by atoms with Gasteiger partial charge in [-0.15, -0.1) is 0 Å². The molecule has 0 aromatic heterocycles. The summed E-state index contributed by atoms with van der Waals surface area (Å²) in [7, 11) is 0. The quantitative estimate of drug-likeness (QED) is 0.906. The van der Waals surface area contributed by atoms with E-state index >= 15 is 0 Å². The van der Waals surface area contributed by atoms with Crippen molar-refractivity contribution in [1.29, 1.82) is 0 Å². The molecule has 0 unspecified atom stereocenters. The zero-order valence-corrected chi connectivity index (χ0v) is 11.0. The summed E-state index contributed by atoms with van der Waals surface area (Å²) in [6.45, 7) is 1.36. The van der Waals surface area contributed by atoms with Gasteiger partial charge in [-0.05, 0) is 24.3 Å². The van der Waals surface area contributed by atoms with Crippen molar-refractivity contribution < 1.29 is 4.79 Å². The predicted octanol–water partition coefficient (Wildman–Crippen LogP) is 2.42. The van der Waals surface area contributed by atoms with Crippen molar-refractivity contribution >= 4 is 17.6 Å². The van der Waals surface area contributed by atoms with Gasteiger partial charge in [-0.3, -0.25) is 9.69 Å². The van der Waals surface area contributed by atoms with Crippen LogP contribution in [-0.4, -0.2) is 29.9 Å². The van der Waals surface area contributed by atoms with Gasteiger partial charge in [-0.2, -0.15) is 0 Å². The summed E-state index contributed by atoms with van der Waals surface area (Å²) < 4.78 is 0. The summed E-state index contributed by atoms with van der Waals surface area (Å²) in [4.78, 5) is 18.6. The van der Waals surface area contributed by atoms with Crippen LogP contribution in [0, 0.1) is 0 Å². The first kappa shape index (κ1) is 12.4. The van der Waals surface area contributed by atoms with Crippen molar-refractivity contribution in [2.75, 3.05) is 13.1 Å². The van der Waals surface area contributed by atoms with Gasteiger partial charge in [0.25, 0.3) is 5.91 Å². The number of hydrogen-bond donors (Lipinski definition) is 1. The third-order valence-corrected chi connectivity index (χ3v) is 3.13. The molecule has 100 valence electrons. The van der Waals surface area contributed by atoms with Crippen LogP contribution in [0.3, 0.4) is 0 Å². The van der Waals surface area contributed by atoms with Crippen molar-refractivity contribution in [3.63, 3.8) is 0 Å². The first-order valence-electron chi connectivity index (χ1n) is 6.59. The Labute approximate surface area is 117 Å². The number of nitrogens with one attached hydrogen (secondary N) is 1. The summed E-state index contributed by atoms with van der Waals surface area (Å²) in [5, 5.41) is 3.16. The van der Waals surface area contributed by atoms with Crippen LogP contribution in [0.2, 0.25) is 0 Å². The van der Waals surface area contributed by atoms with Crippen LogP contribution >= 0.6 is 0 Å². The van der Waals surface area contributed by atoms with E-state index in [2.05, 4.69) is 10.3 Å². The molecule has 0 saturated carbocycles. The first-order chi connectivity index (χ1) is 9.84. The van der Waals surface area contributed by atoms with E-state index in [1.54, 1.807) is 4.90 Å². The van der Waals surface area contributed by atoms with E-state index in [9.17, 15) is 4.79 Å². The molecule has 1 aliphatic rings. The number of carbonyl (C=O) groups is 1. The lowest BCUT2D eigenvalue weighted by molar-refractivity contribution is 0.0859. The number of carbonyl (C=O) groups excluding carboxylic acids is 1. The largest absolute Gasteiger partial charge is 0.354 e. The zero-order chi connectivity index (χ0) is 13.8. The van der Waals surface area contributed by atoms with Crippen LogP contribution < -0.4 is 5.32 Å². The standard InChI is InChI=1S/C16H15N3O/c20-15(13-7-3-1-4-8-13)19-12-11-17-16(19)18-14-9-5-2-6-10-14/h1-10H,11-12H2,(H,17,18). The Kier molecular flexibility index (Phi) is 3.46. The smallest absolute Gasteiger partial charge is 0.260 e. The number of hydrogen-bond acceptors (Lipinski definition) is 2. The number of amides is 1. The Morgan fingerprint density at radius 2 is 1.65 bits per heavy atom. The van der Waals surface area contributed by atoms with Crippen molar-refractivity contribution in [2.24, 2.45) is 4.99 Å². The van der Waals surface area contributed by atoms with E-state index in [1.807, 2.05) is 60.7 Å². The monoisotopic (exact) mass is 265 g/mol. The highest BCUT2D eigenvalue weighted by atomic mass is 16.2. The molecule has 1 fully saturated rings.